The van der Waals surface area contributed by atoms with Gasteiger partial charge in [0, 0.05) is 5.69 Å². The Morgan fingerprint density at radius 1 is 1.05 bits per heavy atom. The van der Waals surface area contributed by atoms with Crippen LogP contribution in [-0.4, -0.2) is 5.91 Å². The van der Waals surface area contributed by atoms with Crippen LogP contribution in [0.3, 0.4) is 0 Å². The molecule has 110 valence electrons. The largest absolute Gasteiger partial charge is 0.419 e. The molecule has 0 unspecified atom stereocenters. The predicted octanol–water partition coefficient (Wildman–Crippen LogP) is 4.41. The second kappa shape index (κ2) is 5.55. The molecule has 1 amide bonds. The van der Waals surface area contributed by atoms with Crippen LogP contribution in [-0.2, 0) is 6.18 Å². The number of halogens is 4. The quantitative estimate of drug-likeness (QED) is 0.818. The van der Waals surface area contributed by atoms with E-state index >= 15 is 0 Å². The standard InChI is InChI=1S/C15H11F4NO/c1-9-5-7-10(8-6-9)20-14(21)11-3-2-4-12(13(11)16)15(17,18)19/h2-8H,1H3,(H,20,21). The van der Waals surface area contributed by atoms with Crippen LogP contribution in [0.2, 0.25) is 0 Å². The van der Waals surface area contributed by atoms with Crippen molar-refractivity contribution in [3.63, 3.8) is 0 Å². The Morgan fingerprint density at radius 3 is 2.24 bits per heavy atom. The lowest BCUT2D eigenvalue weighted by Gasteiger charge is -2.11. The smallest absolute Gasteiger partial charge is 0.322 e. The highest BCUT2D eigenvalue weighted by Gasteiger charge is 2.35. The van der Waals surface area contributed by atoms with Crippen molar-refractivity contribution in [3.8, 4) is 0 Å². The first-order valence-corrected chi connectivity index (χ1v) is 6.03. The number of hydrogen-bond acceptors (Lipinski definition) is 1. The van der Waals surface area contributed by atoms with E-state index in [0.29, 0.717) is 11.8 Å². The van der Waals surface area contributed by atoms with Gasteiger partial charge in [0.25, 0.3) is 5.91 Å². The molecule has 0 atom stereocenters. The first-order chi connectivity index (χ1) is 9.79. The molecule has 0 fully saturated rings. The number of rotatable bonds is 2. The van der Waals surface area contributed by atoms with E-state index < -0.39 is 29.0 Å². The van der Waals surface area contributed by atoms with E-state index in [4.69, 9.17) is 0 Å². The van der Waals surface area contributed by atoms with Gasteiger partial charge in [-0.3, -0.25) is 4.79 Å². The van der Waals surface area contributed by atoms with Crippen molar-refractivity contribution < 1.29 is 22.4 Å². The Kier molecular flexibility index (Phi) is 3.97. The Hall–Kier alpha value is -2.37. The fraction of sp³-hybridized carbons (Fsp3) is 0.133. The summed E-state index contributed by atoms with van der Waals surface area (Å²) in [6.07, 6.45) is -4.84. The number of aryl methyl sites for hydroxylation is 1. The van der Waals surface area contributed by atoms with Crippen LogP contribution in [0.25, 0.3) is 0 Å². The van der Waals surface area contributed by atoms with E-state index in [9.17, 15) is 22.4 Å². The molecule has 0 heterocycles. The fourth-order valence-corrected chi connectivity index (χ4v) is 1.76. The maximum atomic E-state index is 13.8. The molecule has 0 bridgehead atoms. The molecule has 2 aromatic rings. The molecule has 0 aliphatic rings. The van der Waals surface area contributed by atoms with Crippen LogP contribution in [0.4, 0.5) is 23.2 Å². The maximum Gasteiger partial charge on any atom is 0.419 e. The zero-order chi connectivity index (χ0) is 15.6. The van der Waals surface area contributed by atoms with Crippen molar-refractivity contribution in [2.45, 2.75) is 13.1 Å². The Morgan fingerprint density at radius 2 is 1.67 bits per heavy atom. The highest BCUT2D eigenvalue weighted by molar-refractivity contribution is 6.04. The van der Waals surface area contributed by atoms with E-state index in [1.54, 1.807) is 24.3 Å². The van der Waals surface area contributed by atoms with Crippen molar-refractivity contribution in [3.05, 3.63) is 65.0 Å². The molecule has 0 saturated heterocycles. The van der Waals surface area contributed by atoms with Gasteiger partial charge in [0.2, 0.25) is 0 Å². The Labute approximate surface area is 118 Å². The molecule has 2 aromatic carbocycles. The van der Waals surface area contributed by atoms with Crippen molar-refractivity contribution in [1.29, 1.82) is 0 Å². The van der Waals surface area contributed by atoms with Crippen LogP contribution >= 0.6 is 0 Å². The molecule has 0 aliphatic heterocycles. The summed E-state index contributed by atoms with van der Waals surface area (Å²) in [5.74, 6) is -2.50. The number of carbonyl (C=O) groups is 1. The molecule has 2 rings (SSSR count). The van der Waals surface area contributed by atoms with Crippen molar-refractivity contribution in [2.24, 2.45) is 0 Å². The lowest BCUT2D eigenvalue weighted by Crippen LogP contribution is -2.17. The Bertz CT molecular complexity index is 662. The molecular formula is C15H11F4NO. The molecule has 0 saturated carbocycles. The van der Waals surface area contributed by atoms with Crippen LogP contribution < -0.4 is 5.32 Å². The molecule has 6 heteroatoms. The molecule has 2 nitrogen and oxygen atoms in total. The van der Waals surface area contributed by atoms with Gasteiger partial charge >= 0.3 is 6.18 Å². The van der Waals surface area contributed by atoms with Gasteiger partial charge in [-0.2, -0.15) is 13.2 Å². The molecule has 0 spiro atoms. The van der Waals surface area contributed by atoms with E-state index in [2.05, 4.69) is 5.32 Å². The minimum Gasteiger partial charge on any atom is -0.322 e. The van der Waals surface area contributed by atoms with Crippen LogP contribution in [0.1, 0.15) is 21.5 Å². The van der Waals surface area contributed by atoms with Gasteiger partial charge in [0.05, 0.1) is 11.1 Å². The third-order valence-electron chi connectivity index (χ3n) is 2.86. The van der Waals surface area contributed by atoms with Gasteiger partial charge in [0.1, 0.15) is 5.82 Å². The van der Waals surface area contributed by atoms with Crippen molar-refractivity contribution in [1.82, 2.24) is 0 Å². The van der Waals surface area contributed by atoms with Gasteiger partial charge in [-0.25, -0.2) is 4.39 Å². The number of alkyl halides is 3. The second-order valence-corrected chi connectivity index (χ2v) is 4.49. The van der Waals surface area contributed by atoms with Gasteiger partial charge in [0.15, 0.2) is 0 Å². The fourth-order valence-electron chi connectivity index (χ4n) is 1.76. The summed E-state index contributed by atoms with van der Waals surface area (Å²) in [6.45, 7) is 1.85. The molecule has 0 aromatic heterocycles. The number of carbonyl (C=O) groups excluding carboxylic acids is 1. The summed E-state index contributed by atoms with van der Waals surface area (Å²) >= 11 is 0. The highest BCUT2D eigenvalue weighted by atomic mass is 19.4. The summed E-state index contributed by atoms with van der Waals surface area (Å²) in [5.41, 5.74) is -0.773. The summed E-state index contributed by atoms with van der Waals surface area (Å²) in [4.78, 5) is 11.9. The van der Waals surface area contributed by atoms with Crippen LogP contribution in [0.5, 0.6) is 0 Å². The normalized spacial score (nSPS) is 11.3. The SMILES string of the molecule is Cc1ccc(NC(=O)c2cccc(C(F)(F)F)c2F)cc1. The monoisotopic (exact) mass is 297 g/mol. The number of nitrogens with one attached hydrogen (secondary N) is 1. The number of benzene rings is 2. The number of anilines is 1. The zero-order valence-corrected chi connectivity index (χ0v) is 11.0. The first-order valence-electron chi connectivity index (χ1n) is 6.03. The molecule has 0 radical (unpaired) electrons. The third kappa shape index (κ3) is 3.39. The first kappa shape index (κ1) is 15.0. The summed E-state index contributed by atoms with van der Waals surface area (Å²) in [7, 11) is 0. The van der Waals surface area contributed by atoms with E-state index in [0.717, 1.165) is 17.7 Å². The predicted molar refractivity (Wildman–Crippen MR) is 70.5 cm³/mol. The van der Waals surface area contributed by atoms with Gasteiger partial charge in [-0.15, -0.1) is 0 Å². The second-order valence-electron chi connectivity index (χ2n) is 4.49. The van der Waals surface area contributed by atoms with Gasteiger partial charge in [-0.05, 0) is 31.2 Å². The van der Waals surface area contributed by atoms with E-state index in [-0.39, 0.29) is 0 Å². The van der Waals surface area contributed by atoms with Gasteiger partial charge in [-0.1, -0.05) is 23.8 Å². The highest BCUT2D eigenvalue weighted by Crippen LogP contribution is 2.32. The molecule has 0 aliphatic carbocycles. The third-order valence-corrected chi connectivity index (χ3v) is 2.86. The van der Waals surface area contributed by atoms with Gasteiger partial charge < -0.3 is 5.32 Å². The molecular weight excluding hydrogens is 286 g/mol. The average molecular weight is 297 g/mol. The lowest BCUT2D eigenvalue weighted by atomic mass is 10.1. The lowest BCUT2D eigenvalue weighted by molar-refractivity contribution is -0.140. The summed E-state index contributed by atoms with van der Waals surface area (Å²) < 4.78 is 51.6. The number of hydrogen-bond donors (Lipinski definition) is 1. The minimum absolute atomic E-state index is 0.377. The summed E-state index contributed by atoms with van der Waals surface area (Å²) in [6, 6.07) is 9.20. The van der Waals surface area contributed by atoms with Crippen molar-refractivity contribution in [2.75, 3.05) is 5.32 Å². The molecule has 21 heavy (non-hydrogen) atoms. The van der Waals surface area contributed by atoms with Crippen LogP contribution in [0, 0.1) is 12.7 Å². The number of amides is 1. The Balaban J connectivity index is 2.30. The van der Waals surface area contributed by atoms with E-state index in [1.807, 2.05) is 6.92 Å². The van der Waals surface area contributed by atoms with E-state index in [1.165, 1.54) is 0 Å². The molecule has 1 N–H and O–H groups in total. The van der Waals surface area contributed by atoms with Crippen molar-refractivity contribution >= 4 is 11.6 Å². The average Bonchev–Trinajstić information content (AvgIpc) is 2.40. The minimum atomic E-state index is -4.84. The summed E-state index contributed by atoms with van der Waals surface area (Å²) in [5, 5.41) is 2.36. The topological polar surface area (TPSA) is 29.1 Å². The maximum absolute atomic E-state index is 13.8. The van der Waals surface area contributed by atoms with Crippen LogP contribution in [0.15, 0.2) is 42.5 Å². The zero-order valence-electron chi connectivity index (χ0n) is 11.0.